The van der Waals surface area contributed by atoms with Crippen LogP contribution in [0.3, 0.4) is 0 Å². The molecule has 5 nitrogen and oxygen atoms in total. The Bertz CT molecular complexity index is 542. The van der Waals surface area contributed by atoms with Crippen LogP contribution in [0.15, 0.2) is 54.1 Å². The van der Waals surface area contributed by atoms with Crippen LogP contribution in [0.2, 0.25) is 0 Å². The van der Waals surface area contributed by atoms with Crippen molar-refractivity contribution in [3.63, 3.8) is 0 Å². The molecule has 0 aliphatic carbocycles. The first-order valence-corrected chi connectivity index (χ1v) is 6.15. The Balaban J connectivity index is 1.87. The lowest BCUT2D eigenvalue weighted by Crippen LogP contribution is -2.01. The smallest absolute Gasteiger partial charge is 0.0867 e. The van der Waals surface area contributed by atoms with Gasteiger partial charge in [-0.25, -0.2) is 0 Å². The third-order valence-corrected chi connectivity index (χ3v) is 2.44. The first-order chi connectivity index (χ1) is 9.38. The molecule has 2 heterocycles. The number of aromatic nitrogens is 3. The first-order valence-electron chi connectivity index (χ1n) is 6.15. The molecule has 19 heavy (non-hydrogen) atoms. The van der Waals surface area contributed by atoms with Gasteiger partial charge in [-0.05, 0) is 25.3 Å². The molecule has 2 aromatic heterocycles. The van der Waals surface area contributed by atoms with Gasteiger partial charge in [-0.1, -0.05) is 12.1 Å². The molecule has 0 bridgehead atoms. The van der Waals surface area contributed by atoms with Crippen molar-refractivity contribution in [2.24, 2.45) is 4.99 Å². The van der Waals surface area contributed by atoms with Gasteiger partial charge in [0.15, 0.2) is 0 Å². The SMILES string of the molecule is C/C=C\NC=NCc1cnn(Cc2ccccn2)c1. The summed E-state index contributed by atoms with van der Waals surface area (Å²) < 4.78 is 1.87. The zero-order valence-electron chi connectivity index (χ0n) is 10.9. The second-order valence-corrected chi connectivity index (χ2v) is 4.00. The van der Waals surface area contributed by atoms with Gasteiger partial charge in [0.25, 0.3) is 0 Å². The zero-order chi connectivity index (χ0) is 13.3. The maximum atomic E-state index is 4.29. The Hall–Kier alpha value is -2.43. The van der Waals surface area contributed by atoms with Crippen LogP contribution in [0.1, 0.15) is 18.2 Å². The molecule has 0 amide bonds. The highest BCUT2D eigenvalue weighted by Crippen LogP contribution is 2.02. The molecule has 2 rings (SSSR count). The predicted molar refractivity (Wildman–Crippen MR) is 75.7 cm³/mol. The second kappa shape index (κ2) is 7.10. The lowest BCUT2D eigenvalue weighted by Gasteiger charge is -1.99. The summed E-state index contributed by atoms with van der Waals surface area (Å²) in [5.74, 6) is 0. The van der Waals surface area contributed by atoms with Gasteiger partial charge in [0.05, 0.1) is 31.3 Å². The van der Waals surface area contributed by atoms with Gasteiger partial charge in [0, 0.05) is 18.0 Å². The fourth-order valence-electron chi connectivity index (χ4n) is 1.58. The van der Waals surface area contributed by atoms with E-state index in [9.17, 15) is 0 Å². The standard InChI is InChI=1S/C14H17N5/c1-2-6-15-12-16-8-13-9-18-19(10-13)11-14-5-3-4-7-17-14/h2-7,9-10,12H,8,11H2,1H3,(H,15,16)/b6-2-. The molecule has 0 atom stereocenters. The maximum absolute atomic E-state index is 4.29. The number of aliphatic imine (C=N–C) groups is 1. The molecule has 1 N–H and O–H groups in total. The lowest BCUT2D eigenvalue weighted by molar-refractivity contribution is 0.672. The fourth-order valence-corrected chi connectivity index (χ4v) is 1.58. The molecule has 0 aliphatic rings. The molecule has 0 saturated carbocycles. The molecule has 0 unspecified atom stereocenters. The van der Waals surface area contributed by atoms with Gasteiger partial charge >= 0.3 is 0 Å². The third-order valence-electron chi connectivity index (χ3n) is 2.44. The summed E-state index contributed by atoms with van der Waals surface area (Å²) in [6.07, 6.45) is 11.0. The molecular weight excluding hydrogens is 238 g/mol. The van der Waals surface area contributed by atoms with Gasteiger partial charge in [-0.15, -0.1) is 0 Å². The molecule has 0 radical (unpaired) electrons. The predicted octanol–water partition coefficient (Wildman–Crippen LogP) is 1.98. The zero-order valence-corrected chi connectivity index (χ0v) is 10.9. The van der Waals surface area contributed by atoms with Crippen LogP contribution in [0, 0.1) is 0 Å². The Labute approximate surface area is 112 Å². The van der Waals surface area contributed by atoms with E-state index in [-0.39, 0.29) is 0 Å². The van der Waals surface area contributed by atoms with Gasteiger partial charge in [-0.2, -0.15) is 5.10 Å². The van der Waals surface area contributed by atoms with Crippen molar-refractivity contribution in [3.8, 4) is 0 Å². The Morgan fingerprint density at radius 2 is 2.37 bits per heavy atom. The largest absolute Gasteiger partial charge is 0.353 e. The maximum Gasteiger partial charge on any atom is 0.0867 e. The van der Waals surface area contributed by atoms with Crippen molar-refractivity contribution < 1.29 is 0 Å². The number of rotatable bonds is 6. The van der Waals surface area contributed by atoms with Crippen LogP contribution in [0.25, 0.3) is 0 Å². The number of hydrogen-bond acceptors (Lipinski definition) is 3. The summed E-state index contributed by atoms with van der Waals surface area (Å²) in [4.78, 5) is 8.51. The number of nitrogens with zero attached hydrogens (tertiary/aromatic N) is 4. The van der Waals surface area contributed by atoms with Crippen LogP contribution in [0.5, 0.6) is 0 Å². The van der Waals surface area contributed by atoms with E-state index in [1.54, 1.807) is 12.5 Å². The van der Waals surface area contributed by atoms with E-state index >= 15 is 0 Å². The van der Waals surface area contributed by atoms with Gasteiger partial charge in [0.1, 0.15) is 0 Å². The van der Waals surface area contributed by atoms with E-state index in [4.69, 9.17) is 0 Å². The van der Waals surface area contributed by atoms with Gasteiger partial charge in [-0.3, -0.25) is 14.7 Å². The summed E-state index contributed by atoms with van der Waals surface area (Å²) >= 11 is 0. The highest BCUT2D eigenvalue weighted by atomic mass is 15.3. The monoisotopic (exact) mass is 255 g/mol. The van der Waals surface area contributed by atoms with Crippen LogP contribution >= 0.6 is 0 Å². The Morgan fingerprint density at radius 3 is 3.16 bits per heavy atom. The number of hydrogen-bond donors (Lipinski definition) is 1. The minimum atomic E-state index is 0.618. The van der Waals surface area contributed by atoms with Crippen LogP contribution in [0.4, 0.5) is 0 Å². The number of pyridine rings is 1. The summed E-state index contributed by atoms with van der Waals surface area (Å²) in [5.41, 5.74) is 2.07. The van der Waals surface area contributed by atoms with Crippen LogP contribution < -0.4 is 5.32 Å². The highest BCUT2D eigenvalue weighted by molar-refractivity contribution is 5.55. The number of nitrogens with one attached hydrogen (secondary N) is 1. The summed E-state index contributed by atoms with van der Waals surface area (Å²) in [5, 5.41) is 7.24. The van der Waals surface area contributed by atoms with E-state index in [0.717, 1.165) is 11.3 Å². The molecule has 0 aromatic carbocycles. The average Bonchev–Trinajstić information content (AvgIpc) is 2.87. The van der Waals surface area contributed by atoms with Gasteiger partial charge in [0.2, 0.25) is 0 Å². The number of allylic oxidation sites excluding steroid dienone is 1. The van der Waals surface area contributed by atoms with E-state index in [0.29, 0.717) is 13.1 Å². The van der Waals surface area contributed by atoms with Gasteiger partial charge < -0.3 is 5.32 Å². The van der Waals surface area contributed by atoms with Crippen molar-refractivity contribution >= 4 is 6.34 Å². The molecule has 0 aliphatic heterocycles. The molecule has 5 heteroatoms. The van der Waals surface area contributed by atoms with E-state index in [1.807, 2.05) is 54.5 Å². The fraction of sp³-hybridized carbons (Fsp3) is 0.214. The Morgan fingerprint density at radius 1 is 1.42 bits per heavy atom. The first kappa shape index (κ1) is 13.0. The average molecular weight is 255 g/mol. The van der Waals surface area contributed by atoms with Crippen molar-refractivity contribution in [1.82, 2.24) is 20.1 Å². The molecule has 2 aromatic rings. The second-order valence-electron chi connectivity index (χ2n) is 4.00. The van der Waals surface area contributed by atoms with Crippen LogP contribution in [-0.4, -0.2) is 21.1 Å². The lowest BCUT2D eigenvalue weighted by atomic mass is 10.3. The van der Waals surface area contributed by atoms with Crippen molar-refractivity contribution in [2.45, 2.75) is 20.0 Å². The van der Waals surface area contributed by atoms with Crippen LogP contribution in [-0.2, 0) is 13.1 Å². The van der Waals surface area contributed by atoms with Crippen molar-refractivity contribution in [3.05, 3.63) is 60.3 Å². The molecule has 0 spiro atoms. The summed E-state index contributed by atoms with van der Waals surface area (Å²) in [6.45, 7) is 3.25. The van der Waals surface area contributed by atoms with E-state index in [1.165, 1.54) is 0 Å². The highest BCUT2D eigenvalue weighted by Gasteiger charge is 1.99. The molecule has 0 saturated heterocycles. The van der Waals surface area contributed by atoms with Crippen molar-refractivity contribution in [2.75, 3.05) is 0 Å². The minimum absolute atomic E-state index is 0.618. The molecular formula is C14H17N5. The summed E-state index contributed by atoms with van der Waals surface area (Å²) in [6, 6.07) is 5.87. The third kappa shape index (κ3) is 4.39. The molecule has 98 valence electrons. The minimum Gasteiger partial charge on any atom is -0.353 e. The summed E-state index contributed by atoms with van der Waals surface area (Å²) in [7, 11) is 0. The topological polar surface area (TPSA) is 55.1 Å². The molecule has 0 fully saturated rings. The van der Waals surface area contributed by atoms with E-state index < -0.39 is 0 Å². The normalized spacial score (nSPS) is 11.4. The van der Waals surface area contributed by atoms with E-state index in [2.05, 4.69) is 20.4 Å². The Kier molecular flexibility index (Phi) is 4.87. The van der Waals surface area contributed by atoms with Crippen molar-refractivity contribution in [1.29, 1.82) is 0 Å². The quantitative estimate of drug-likeness (QED) is 0.634.